The summed E-state index contributed by atoms with van der Waals surface area (Å²) in [6.07, 6.45) is 0.247. The minimum absolute atomic E-state index is 0.107. The molecule has 0 radical (unpaired) electrons. The second-order valence-electron chi connectivity index (χ2n) is 3.97. The molecule has 5 nitrogen and oxygen atoms in total. The van der Waals surface area contributed by atoms with Crippen LogP contribution in [0.25, 0.3) is 0 Å². The van der Waals surface area contributed by atoms with E-state index in [0.717, 1.165) is 8.04 Å². The third kappa shape index (κ3) is 6.19. The lowest BCUT2D eigenvalue weighted by atomic mass is 10.2. The summed E-state index contributed by atoms with van der Waals surface area (Å²) in [4.78, 5) is 23.4. The number of methoxy groups -OCH3 is 1. The van der Waals surface area contributed by atoms with Crippen LogP contribution in [0, 0.1) is 3.57 Å². The highest BCUT2D eigenvalue weighted by atomic mass is 127. The maximum absolute atomic E-state index is 12.0. The third-order valence-electron chi connectivity index (χ3n) is 2.44. The minimum atomic E-state index is -0.194. The van der Waals surface area contributed by atoms with Crippen LogP contribution in [0.3, 0.4) is 0 Å². The average Bonchev–Trinajstić information content (AvgIpc) is 2.41. The van der Waals surface area contributed by atoms with Gasteiger partial charge >= 0.3 is 0 Å². The van der Waals surface area contributed by atoms with Crippen LogP contribution in [0.5, 0.6) is 0 Å². The average molecular weight is 455 g/mol. The van der Waals surface area contributed by atoms with Crippen molar-refractivity contribution in [2.24, 2.45) is 0 Å². The van der Waals surface area contributed by atoms with Crippen LogP contribution in [-0.4, -0.2) is 38.6 Å². The number of amides is 2. The summed E-state index contributed by atoms with van der Waals surface area (Å²) < 4.78 is 6.54. The van der Waals surface area contributed by atoms with Gasteiger partial charge in [0.1, 0.15) is 0 Å². The smallest absolute Gasteiger partial charge is 0.252 e. The first-order chi connectivity index (χ1) is 9.54. The van der Waals surface area contributed by atoms with Crippen molar-refractivity contribution in [1.29, 1.82) is 0 Å². The van der Waals surface area contributed by atoms with E-state index in [-0.39, 0.29) is 18.2 Å². The summed E-state index contributed by atoms with van der Waals surface area (Å²) in [7, 11) is 1.57. The Bertz CT molecular complexity index is 483. The predicted octanol–water partition coefficient (Wildman–Crippen LogP) is 1.94. The molecule has 0 atom stereocenters. The van der Waals surface area contributed by atoms with Gasteiger partial charge in [-0.3, -0.25) is 9.59 Å². The predicted molar refractivity (Wildman–Crippen MR) is 88.7 cm³/mol. The van der Waals surface area contributed by atoms with Crippen molar-refractivity contribution in [3.05, 3.63) is 31.8 Å². The highest BCUT2D eigenvalue weighted by Gasteiger charge is 2.10. The van der Waals surface area contributed by atoms with Gasteiger partial charge in [-0.1, -0.05) is 0 Å². The van der Waals surface area contributed by atoms with Gasteiger partial charge in [-0.05, 0) is 56.7 Å². The van der Waals surface area contributed by atoms with Gasteiger partial charge in [0.15, 0.2) is 0 Å². The van der Waals surface area contributed by atoms with Gasteiger partial charge in [-0.15, -0.1) is 0 Å². The fourth-order valence-corrected chi connectivity index (χ4v) is 2.36. The van der Waals surface area contributed by atoms with Gasteiger partial charge in [0.05, 0.1) is 12.2 Å². The molecule has 2 amide bonds. The molecule has 0 saturated heterocycles. The van der Waals surface area contributed by atoms with Gasteiger partial charge in [0.2, 0.25) is 5.91 Å². The summed E-state index contributed by atoms with van der Waals surface area (Å²) >= 11 is 5.48. The van der Waals surface area contributed by atoms with Gasteiger partial charge in [0, 0.05) is 34.7 Å². The van der Waals surface area contributed by atoms with Crippen molar-refractivity contribution < 1.29 is 14.3 Å². The molecule has 0 aliphatic heterocycles. The number of nitrogens with one attached hydrogen (secondary N) is 2. The highest BCUT2D eigenvalue weighted by Crippen LogP contribution is 2.19. The molecule has 0 heterocycles. The topological polar surface area (TPSA) is 67.4 Å². The standard InChI is InChI=1S/C13H16BrIN2O3/c1-20-7-6-16-12(18)4-5-17-13(19)10-8-9(15)2-3-11(10)14/h2-3,8H,4-7H2,1H3,(H,16,18)(H,17,19). The Labute approximate surface area is 140 Å². The molecule has 1 aromatic rings. The largest absolute Gasteiger partial charge is 0.383 e. The lowest BCUT2D eigenvalue weighted by Gasteiger charge is -2.08. The number of ether oxygens (including phenoxy) is 1. The number of carbonyl (C=O) groups excluding carboxylic acids is 2. The summed E-state index contributed by atoms with van der Waals surface area (Å²) in [6, 6.07) is 5.53. The Kier molecular flexibility index (Phi) is 8.08. The fourth-order valence-electron chi connectivity index (χ4n) is 1.44. The Morgan fingerprint density at radius 3 is 2.75 bits per heavy atom. The van der Waals surface area contributed by atoms with Gasteiger partial charge in [0.25, 0.3) is 5.91 Å². The van der Waals surface area contributed by atoms with E-state index in [1.54, 1.807) is 13.2 Å². The molecule has 0 aliphatic carbocycles. The second kappa shape index (κ2) is 9.30. The zero-order valence-corrected chi connectivity index (χ0v) is 14.8. The zero-order chi connectivity index (χ0) is 15.0. The zero-order valence-electron chi connectivity index (χ0n) is 11.0. The number of halogens is 2. The van der Waals surface area contributed by atoms with Crippen molar-refractivity contribution in [2.45, 2.75) is 6.42 Å². The monoisotopic (exact) mass is 454 g/mol. The molecule has 110 valence electrons. The Morgan fingerprint density at radius 2 is 2.05 bits per heavy atom. The molecule has 20 heavy (non-hydrogen) atoms. The summed E-state index contributed by atoms with van der Waals surface area (Å²) in [5, 5.41) is 5.42. The van der Waals surface area contributed by atoms with Gasteiger partial charge in [-0.25, -0.2) is 0 Å². The van der Waals surface area contributed by atoms with Gasteiger partial charge in [-0.2, -0.15) is 0 Å². The van der Waals surface area contributed by atoms with Crippen molar-refractivity contribution in [2.75, 3.05) is 26.8 Å². The first-order valence-electron chi connectivity index (χ1n) is 6.03. The van der Waals surface area contributed by atoms with E-state index in [1.165, 1.54) is 0 Å². The molecule has 0 unspecified atom stereocenters. The maximum atomic E-state index is 12.0. The molecular formula is C13H16BrIN2O3. The van der Waals surface area contributed by atoms with Crippen molar-refractivity contribution >= 4 is 50.3 Å². The lowest BCUT2D eigenvalue weighted by Crippen LogP contribution is -2.32. The van der Waals surface area contributed by atoms with E-state index in [9.17, 15) is 9.59 Å². The third-order valence-corrected chi connectivity index (χ3v) is 3.80. The van der Waals surface area contributed by atoms with Crippen LogP contribution in [0.15, 0.2) is 22.7 Å². The molecule has 1 aromatic carbocycles. The fraction of sp³-hybridized carbons (Fsp3) is 0.385. The number of carbonyl (C=O) groups is 2. The number of hydrogen-bond acceptors (Lipinski definition) is 3. The Balaban J connectivity index is 2.36. The van der Waals surface area contributed by atoms with Crippen molar-refractivity contribution in [1.82, 2.24) is 10.6 Å². The molecule has 0 saturated carbocycles. The maximum Gasteiger partial charge on any atom is 0.252 e. The van der Waals surface area contributed by atoms with E-state index >= 15 is 0 Å². The van der Waals surface area contributed by atoms with Crippen LogP contribution in [0.2, 0.25) is 0 Å². The van der Waals surface area contributed by atoms with E-state index in [0.29, 0.717) is 25.3 Å². The van der Waals surface area contributed by atoms with E-state index < -0.39 is 0 Å². The Hall–Kier alpha value is -0.670. The van der Waals surface area contributed by atoms with Gasteiger partial charge < -0.3 is 15.4 Å². The number of hydrogen-bond donors (Lipinski definition) is 2. The highest BCUT2D eigenvalue weighted by molar-refractivity contribution is 14.1. The first-order valence-corrected chi connectivity index (χ1v) is 7.90. The quantitative estimate of drug-likeness (QED) is 0.488. The molecule has 2 N–H and O–H groups in total. The molecular weight excluding hydrogens is 439 g/mol. The summed E-state index contributed by atoms with van der Waals surface area (Å²) in [6.45, 7) is 1.26. The lowest BCUT2D eigenvalue weighted by molar-refractivity contribution is -0.121. The second-order valence-corrected chi connectivity index (χ2v) is 6.07. The molecule has 0 bridgehead atoms. The molecule has 1 rings (SSSR count). The molecule has 0 aliphatic rings. The normalized spacial score (nSPS) is 10.2. The first kappa shape index (κ1) is 17.4. The van der Waals surface area contributed by atoms with Crippen LogP contribution in [0.4, 0.5) is 0 Å². The Morgan fingerprint density at radius 1 is 1.30 bits per heavy atom. The van der Waals surface area contributed by atoms with Crippen LogP contribution in [0.1, 0.15) is 16.8 Å². The van der Waals surface area contributed by atoms with Crippen LogP contribution >= 0.6 is 38.5 Å². The summed E-state index contributed by atoms with van der Waals surface area (Å²) in [5.41, 5.74) is 0.566. The number of rotatable bonds is 7. The van der Waals surface area contributed by atoms with E-state index in [2.05, 4.69) is 49.2 Å². The number of benzene rings is 1. The SMILES string of the molecule is COCCNC(=O)CCNC(=O)c1cc(I)ccc1Br. The van der Waals surface area contributed by atoms with Crippen molar-refractivity contribution in [3.8, 4) is 0 Å². The summed E-state index contributed by atoms with van der Waals surface area (Å²) in [5.74, 6) is -0.302. The molecule has 0 aromatic heterocycles. The van der Waals surface area contributed by atoms with E-state index in [1.807, 2.05) is 12.1 Å². The molecule has 0 fully saturated rings. The van der Waals surface area contributed by atoms with Crippen LogP contribution in [-0.2, 0) is 9.53 Å². The minimum Gasteiger partial charge on any atom is -0.383 e. The van der Waals surface area contributed by atoms with Crippen LogP contribution < -0.4 is 10.6 Å². The van der Waals surface area contributed by atoms with Crippen molar-refractivity contribution in [3.63, 3.8) is 0 Å². The molecule has 7 heteroatoms. The van der Waals surface area contributed by atoms with E-state index in [4.69, 9.17) is 4.74 Å². The molecule has 0 spiro atoms.